The molecule has 3 atom stereocenters. The number of rotatable bonds is 9. The fourth-order valence-corrected chi connectivity index (χ4v) is 7.76. The second kappa shape index (κ2) is 10.5. The van der Waals surface area contributed by atoms with Gasteiger partial charge in [-0.15, -0.1) is 10.2 Å². The molecule has 3 heterocycles. The minimum Gasteiger partial charge on any atom is -0.494 e. The van der Waals surface area contributed by atoms with Gasteiger partial charge in [-0.3, -0.25) is 4.57 Å². The topological polar surface area (TPSA) is 143 Å². The Hall–Kier alpha value is -2.77. The first-order valence-electron chi connectivity index (χ1n) is 11.5. The van der Waals surface area contributed by atoms with Crippen LogP contribution in [-0.4, -0.2) is 72.5 Å². The first-order valence-corrected chi connectivity index (χ1v) is 15.4. The zero-order valence-electron chi connectivity index (χ0n) is 20.8. The highest BCUT2D eigenvalue weighted by Gasteiger charge is 2.37. The Labute approximate surface area is 221 Å². The monoisotopic (exact) mass is 569 g/mol. The molecule has 4 rings (SSSR count). The van der Waals surface area contributed by atoms with Crippen LogP contribution in [0.4, 0.5) is 0 Å². The van der Waals surface area contributed by atoms with Crippen molar-refractivity contribution in [3.8, 4) is 17.2 Å². The van der Waals surface area contributed by atoms with E-state index in [-0.39, 0.29) is 17.3 Å². The minimum atomic E-state index is -3.81. The Bertz CT molecular complexity index is 1470. The molecule has 14 heteroatoms. The van der Waals surface area contributed by atoms with Crippen molar-refractivity contribution in [2.45, 2.75) is 43.1 Å². The third-order valence-electron chi connectivity index (χ3n) is 6.63. The summed E-state index contributed by atoms with van der Waals surface area (Å²) in [5, 5.41) is 7.99. The number of aromatic nitrogens is 5. The van der Waals surface area contributed by atoms with Crippen LogP contribution >= 0.6 is 11.6 Å². The molecule has 0 unspecified atom stereocenters. The second-order valence-corrected chi connectivity index (χ2v) is 14.0. The number of para-hydroxylation sites is 1. The van der Waals surface area contributed by atoms with E-state index in [0.717, 1.165) is 0 Å². The SMILES string of the molecule is COc1cccc(OC)c1-n1c(CS(=O)(=O)[C@@H](C)[C@H](C)c2ncc(Cl)cn2)nnc1[C@@H]1CCS(=O)(=O)C1. The van der Waals surface area contributed by atoms with E-state index < -0.39 is 42.5 Å². The summed E-state index contributed by atoms with van der Waals surface area (Å²) in [6.45, 7) is 3.32. The van der Waals surface area contributed by atoms with E-state index in [0.29, 0.717) is 40.3 Å². The highest BCUT2D eigenvalue weighted by Crippen LogP contribution is 2.38. The van der Waals surface area contributed by atoms with Crippen LogP contribution in [0.1, 0.15) is 49.6 Å². The Kier molecular flexibility index (Phi) is 7.77. The van der Waals surface area contributed by atoms with Crippen molar-refractivity contribution in [3.05, 3.63) is 53.1 Å². The molecule has 11 nitrogen and oxygen atoms in total. The summed E-state index contributed by atoms with van der Waals surface area (Å²) in [6.07, 6.45) is 3.20. The normalized spacial score (nSPS) is 18.9. The molecule has 0 N–H and O–H groups in total. The zero-order chi connectivity index (χ0) is 27.0. The van der Waals surface area contributed by atoms with Gasteiger partial charge in [0.25, 0.3) is 0 Å². The van der Waals surface area contributed by atoms with Gasteiger partial charge >= 0.3 is 0 Å². The van der Waals surface area contributed by atoms with Crippen LogP contribution in [0.3, 0.4) is 0 Å². The predicted molar refractivity (Wildman–Crippen MR) is 138 cm³/mol. The molecule has 0 saturated carbocycles. The molecule has 37 heavy (non-hydrogen) atoms. The van der Waals surface area contributed by atoms with Crippen LogP contribution in [0.5, 0.6) is 11.5 Å². The number of halogens is 1. The van der Waals surface area contributed by atoms with Crippen LogP contribution in [0.15, 0.2) is 30.6 Å². The van der Waals surface area contributed by atoms with E-state index in [1.165, 1.54) is 26.6 Å². The summed E-state index contributed by atoms with van der Waals surface area (Å²) >= 11 is 5.87. The minimum absolute atomic E-state index is 0.0247. The lowest BCUT2D eigenvalue weighted by Gasteiger charge is -2.21. The Balaban J connectivity index is 1.79. The number of ether oxygens (including phenoxy) is 2. The van der Waals surface area contributed by atoms with Gasteiger partial charge in [-0.05, 0) is 25.5 Å². The van der Waals surface area contributed by atoms with Crippen molar-refractivity contribution >= 4 is 31.3 Å². The molecule has 0 bridgehead atoms. The largest absolute Gasteiger partial charge is 0.494 e. The summed E-state index contributed by atoms with van der Waals surface area (Å²) < 4.78 is 64.3. The van der Waals surface area contributed by atoms with Crippen molar-refractivity contribution in [1.29, 1.82) is 0 Å². The smallest absolute Gasteiger partial charge is 0.160 e. The lowest BCUT2D eigenvalue weighted by atomic mass is 10.1. The van der Waals surface area contributed by atoms with Crippen LogP contribution < -0.4 is 9.47 Å². The molecule has 1 aliphatic heterocycles. The van der Waals surface area contributed by atoms with E-state index in [2.05, 4.69) is 20.2 Å². The summed E-state index contributed by atoms with van der Waals surface area (Å²) in [7, 11) is -4.09. The van der Waals surface area contributed by atoms with E-state index in [9.17, 15) is 16.8 Å². The van der Waals surface area contributed by atoms with Crippen LogP contribution in [0.2, 0.25) is 5.02 Å². The van der Waals surface area contributed by atoms with Gasteiger partial charge in [-0.25, -0.2) is 26.8 Å². The molecule has 1 aromatic carbocycles. The summed E-state index contributed by atoms with van der Waals surface area (Å²) in [4.78, 5) is 8.34. The second-order valence-electron chi connectivity index (χ2n) is 8.98. The van der Waals surface area contributed by atoms with Gasteiger partial charge in [-0.2, -0.15) is 0 Å². The molecule has 200 valence electrons. The van der Waals surface area contributed by atoms with Crippen molar-refractivity contribution in [3.63, 3.8) is 0 Å². The predicted octanol–water partition coefficient (Wildman–Crippen LogP) is 2.74. The van der Waals surface area contributed by atoms with Crippen molar-refractivity contribution < 1.29 is 26.3 Å². The molecule has 0 spiro atoms. The van der Waals surface area contributed by atoms with Crippen molar-refractivity contribution in [2.24, 2.45) is 0 Å². The van der Waals surface area contributed by atoms with Crippen molar-refractivity contribution in [1.82, 2.24) is 24.7 Å². The first-order chi connectivity index (χ1) is 17.5. The summed E-state index contributed by atoms with van der Waals surface area (Å²) in [6, 6.07) is 5.14. The lowest BCUT2D eigenvalue weighted by molar-refractivity contribution is 0.389. The number of hydrogen-bond donors (Lipinski definition) is 0. The average Bonchev–Trinajstić information content (AvgIpc) is 3.44. The van der Waals surface area contributed by atoms with E-state index in [1.807, 2.05) is 0 Å². The Morgan fingerprint density at radius 1 is 1.11 bits per heavy atom. The van der Waals surface area contributed by atoms with Crippen LogP contribution in [0, 0.1) is 0 Å². The number of benzene rings is 1. The van der Waals surface area contributed by atoms with E-state index in [4.69, 9.17) is 21.1 Å². The van der Waals surface area contributed by atoms with E-state index in [1.54, 1.807) is 36.6 Å². The maximum Gasteiger partial charge on any atom is 0.160 e. The van der Waals surface area contributed by atoms with Gasteiger partial charge in [0, 0.05) is 24.2 Å². The molecular weight excluding hydrogens is 542 g/mol. The fraction of sp³-hybridized carbons (Fsp3) is 0.478. The number of sulfone groups is 2. The Morgan fingerprint density at radius 2 is 1.73 bits per heavy atom. The number of hydrogen-bond acceptors (Lipinski definition) is 10. The quantitative estimate of drug-likeness (QED) is 0.377. The standard InChI is InChI=1S/C23H28ClN5O6S2/c1-14(22-25-10-17(24)11-26-22)15(2)37(32,33)13-20-27-28-23(16-8-9-36(30,31)12-16)29(20)21-18(34-3)6-5-7-19(21)35-4/h5-7,10-11,14-16H,8-9,12-13H2,1-4H3/t14-,15-,16+/m0/s1. The van der Waals surface area contributed by atoms with E-state index >= 15 is 0 Å². The third kappa shape index (κ3) is 5.58. The van der Waals surface area contributed by atoms with Gasteiger partial charge in [-0.1, -0.05) is 24.6 Å². The van der Waals surface area contributed by atoms with Gasteiger partial charge in [0.15, 0.2) is 25.5 Å². The molecule has 1 aliphatic rings. The average molecular weight is 570 g/mol. The fourth-order valence-electron chi connectivity index (χ4n) is 4.37. The lowest BCUT2D eigenvalue weighted by Crippen LogP contribution is -2.27. The maximum atomic E-state index is 13.6. The number of methoxy groups -OCH3 is 2. The highest BCUT2D eigenvalue weighted by atomic mass is 35.5. The summed E-state index contributed by atoms with van der Waals surface area (Å²) in [5.41, 5.74) is 0.406. The first kappa shape index (κ1) is 27.3. The third-order valence-corrected chi connectivity index (χ3v) is 10.8. The van der Waals surface area contributed by atoms with Gasteiger partial charge < -0.3 is 9.47 Å². The molecular formula is C23H28ClN5O6S2. The van der Waals surface area contributed by atoms with Crippen molar-refractivity contribution in [2.75, 3.05) is 25.7 Å². The molecule has 1 fully saturated rings. The molecule has 3 aromatic rings. The highest BCUT2D eigenvalue weighted by molar-refractivity contribution is 7.91. The molecule has 0 radical (unpaired) electrons. The van der Waals surface area contributed by atoms with Gasteiger partial charge in [0.1, 0.15) is 34.6 Å². The molecule has 0 amide bonds. The summed E-state index contributed by atoms with van der Waals surface area (Å²) in [5.74, 6) is 0.0973. The maximum absolute atomic E-state index is 13.6. The molecule has 2 aromatic heterocycles. The van der Waals surface area contributed by atoms with Crippen LogP contribution in [-0.2, 0) is 25.4 Å². The zero-order valence-corrected chi connectivity index (χ0v) is 23.2. The number of nitrogens with zero attached hydrogens (tertiary/aromatic N) is 5. The van der Waals surface area contributed by atoms with Gasteiger partial charge in [0.05, 0.1) is 36.0 Å². The van der Waals surface area contributed by atoms with Gasteiger partial charge in [0.2, 0.25) is 0 Å². The molecule has 1 saturated heterocycles. The van der Waals surface area contributed by atoms with Crippen LogP contribution in [0.25, 0.3) is 5.69 Å². The Morgan fingerprint density at radius 3 is 2.27 bits per heavy atom. The molecule has 0 aliphatic carbocycles.